The number of hydrogen-bond acceptors (Lipinski definition) is 6. The van der Waals surface area contributed by atoms with Crippen LogP contribution in [0, 0.1) is 6.92 Å². The van der Waals surface area contributed by atoms with Crippen LogP contribution in [0.5, 0.6) is 0 Å². The maximum Gasteiger partial charge on any atom is 0.407 e. The number of likely N-dealkylation sites (tertiary alicyclic amines) is 1. The number of piperidine rings is 1. The van der Waals surface area contributed by atoms with Crippen molar-refractivity contribution in [3.63, 3.8) is 0 Å². The quantitative estimate of drug-likeness (QED) is 0.560. The lowest BCUT2D eigenvalue weighted by molar-refractivity contribution is 0.0589. The van der Waals surface area contributed by atoms with Crippen LogP contribution in [-0.2, 0) is 11.8 Å². The second-order valence-corrected chi connectivity index (χ2v) is 8.44. The van der Waals surface area contributed by atoms with Gasteiger partial charge in [-0.25, -0.2) is 14.6 Å². The monoisotopic (exact) mass is 477 g/mol. The van der Waals surface area contributed by atoms with E-state index in [0.29, 0.717) is 47.6 Å². The normalized spacial score (nSPS) is 15.5. The van der Waals surface area contributed by atoms with Crippen molar-refractivity contribution in [2.45, 2.75) is 25.8 Å². The Labute approximate surface area is 202 Å². The third kappa shape index (κ3) is 4.72. The molecule has 0 aliphatic carbocycles. The summed E-state index contributed by atoms with van der Waals surface area (Å²) in [5.41, 5.74) is 2.87. The number of pyridine rings is 1. The molecule has 0 saturated carbocycles. The van der Waals surface area contributed by atoms with E-state index < -0.39 is 12.1 Å². The van der Waals surface area contributed by atoms with Crippen LogP contribution in [0.3, 0.4) is 0 Å². The maximum absolute atomic E-state index is 13.8. The molecule has 3 heterocycles. The second kappa shape index (κ2) is 9.96. The zero-order valence-electron chi connectivity index (χ0n) is 19.8. The number of esters is 1. The number of carbonyl (C=O) groups is 3. The van der Waals surface area contributed by atoms with Gasteiger partial charge in [0.2, 0.25) is 0 Å². The van der Waals surface area contributed by atoms with Crippen molar-refractivity contribution in [2.75, 3.05) is 25.1 Å². The zero-order valence-corrected chi connectivity index (χ0v) is 19.8. The number of carbonyl (C=O) groups excluding carboxylic acids is 2. The Balaban J connectivity index is 1.68. The van der Waals surface area contributed by atoms with Crippen molar-refractivity contribution < 1.29 is 24.2 Å². The molecule has 10 heteroatoms. The highest BCUT2D eigenvalue weighted by atomic mass is 16.5. The van der Waals surface area contributed by atoms with Gasteiger partial charge >= 0.3 is 12.1 Å². The van der Waals surface area contributed by atoms with Crippen molar-refractivity contribution in [2.24, 2.45) is 7.05 Å². The molecule has 2 amide bonds. The third-order valence-electron chi connectivity index (χ3n) is 6.22. The summed E-state index contributed by atoms with van der Waals surface area (Å²) in [6.45, 7) is 2.53. The highest BCUT2D eigenvalue weighted by Gasteiger charge is 2.33. The summed E-state index contributed by atoms with van der Waals surface area (Å²) in [6, 6.07) is 10.2. The van der Waals surface area contributed by atoms with E-state index in [4.69, 9.17) is 4.74 Å². The van der Waals surface area contributed by atoms with Crippen LogP contribution in [0.25, 0.3) is 11.1 Å². The summed E-state index contributed by atoms with van der Waals surface area (Å²) < 4.78 is 6.32. The molecule has 1 aromatic carbocycles. The van der Waals surface area contributed by atoms with Gasteiger partial charge in [-0.3, -0.25) is 14.4 Å². The molecular formula is C25H27N5O5. The first-order valence-corrected chi connectivity index (χ1v) is 11.3. The van der Waals surface area contributed by atoms with Crippen molar-refractivity contribution in [1.82, 2.24) is 19.7 Å². The first-order chi connectivity index (χ1) is 16.8. The number of nitrogens with zero attached hydrogens (tertiary/aromatic N) is 5. The van der Waals surface area contributed by atoms with Crippen LogP contribution in [0.15, 0.2) is 48.8 Å². The van der Waals surface area contributed by atoms with E-state index in [0.717, 1.165) is 5.56 Å². The van der Waals surface area contributed by atoms with Gasteiger partial charge in [-0.15, -0.1) is 0 Å². The smallest absolute Gasteiger partial charge is 0.407 e. The number of aryl methyl sites for hydroxylation is 2. The molecule has 0 spiro atoms. The molecule has 1 aliphatic heterocycles. The number of ether oxygens (including phenoxy) is 1. The lowest BCUT2D eigenvalue weighted by Gasteiger charge is -2.38. The number of amides is 2. The van der Waals surface area contributed by atoms with Crippen LogP contribution in [-0.4, -0.2) is 69.0 Å². The van der Waals surface area contributed by atoms with Crippen molar-refractivity contribution in [3.8, 4) is 11.1 Å². The van der Waals surface area contributed by atoms with Crippen LogP contribution in [0.4, 0.5) is 10.6 Å². The molecule has 1 atom stereocenters. The lowest BCUT2D eigenvalue weighted by Crippen LogP contribution is -2.52. The highest BCUT2D eigenvalue weighted by Crippen LogP contribution is 2.28. The van der Waals surface area contributed by atoms with Gasteiger partial charge in [0.1, 0.15) is 5.82 Å². The summed E-state index contributed by atoms with van der Waals surface area (Å²) in [5, 5.41) is 13.7. The Morgan fingerprint density at radius 2 is 1.91 bits per heavy atom. The fourth-order valence-corrected chi connectivity index (χ4v) is 4.42. The number of hydrogen-bond donors (Lipinski definition) is 1. The molecule has 1 aliphatic rings. The van der Waals surface area contributed by atoms with E-state index in [1.165, 1.54) is 16.7 Å². The molecule has 0 unspecified atom stereocenters. The standard InChI is InChI=1S/C25H27N5O5/c1-16-6-4-12-26-22(16)30(19-7-5-13-29(15-19)25(33)34)23(31)18-10-8-17(9-11-18)20-14-27-28(2)21(20)24(32)35-3/h4,6,8-12,14,19H,5,7,13,15H2,1-3H3,(H,33,34)/t19-/m1/s1. The van der Waals surface area contributed by atoms with Gasteiger partial charge in [0, 0.05) is 37.5 Å². The number of aromatic nitrogens is 3. The molecule has 1 fully saturated rings. The SMILES string of the molecule is COC(=O)c1c(-c2ccc(C(=O)N(c3ncccc3C)[C@@H]3CCCN(C(=O)O)C3)cc2)cnn1C. The fraction of sp³-hybridized carbons (Fsp3) is 0.320. The van der Waals surface area contributed by atoms with Gasteiger partial charge in [-0.05, 0) is 49.1 Å². The largest absolute Gasteiger partial charge is 0.465 e. The number of benzene rings is 1. The number of anilines is 1. The molecule has 35 heavy (non-hydrogen) atoms. The molecule has 2 aromatic heterocycles. The molecule has 4 rings (SSSR count). The Morgan fingerprint density at radius 1 is 1.17 bits per heavy atom. The average Bonchev–Trinajstić information content (AvgIpc) is 3.26. The van der Waals surface area contributed by atoms with Crippen LogP contribution in [0.2, 0.25) is 0 Å². The predicted octanol–water partition coefficient (Wildman–Crippen LogP) is 3.37. The van der Waals surface area contributed by atoms with Crippen molar-refractivity contribution >= 4 is 23.8 Å². The molecule has 0 bridgehead atoms. The van der Waals surface area contributed by atoms with Gasteiger partial charge < -0.3 is 14.7 Å². The second-order valence-electron chi connectivity index (χ2n) is 8.44. The third-order valence-corrected chi connectivity index (χ3v) is 6.22. The molecule has 1 saturated heterocycles. The molecule has 10 nitrogen and oxygen atoms in total. The van der Waals surface area contributed by atoms with Gasteiger partial charge in [0.25, 0.3) is 5.91 Å². The Kier molecular flexibility index (Phi) is 6.81. The van der Waals surface area contributed by atoms with Gasteiger partial charge in [-0.1, -0.05) is 18.2 Å². The zero-order chi connectivity index (χ0) is 25.1. The molecular weight excluding hydrogens is 450 g/mol. The van der Waals surface area contributed by atoms with Crippen LogP contribution < -0.4 is 4.90 Å². The minimum Gasteiger partial charge on any atom is -0.465 e. The van der Waals surface area contributed by atoms with Crippen LogP contribution >= 0.6 is 0 Å². The minimum absolute atomic E-state index is 0.216. The van der Waals surface area contributed by atoms with E-state index in [2.05, 4.69) is 10.1 Å². The Bertz CT molecular complexity index is 1250. The highest BCUT2D eigenvalue weighted by molar-refractivity contribution is 6.07. The minimum atomic E-state index is -0.998. The molecule has 3 aromatic rings. The summed E-state index contributed by atoms with van der Waals surface area (Å²) in [6.07, 6.45) is 3.53. The van der Waals surface area contributed by atoms with Crippen molar-refractivity contribution in [3.05, 3.63) is 65.6 Å². The Hall–Kier alpha value is -4.21. The maximum atomic E-state index is 13.8. The predicted molar refractivity (Wildman–Crippen MR) is 128 cm³/mol. The van der Waals surface area contributed by atoms with Crippen LogP contribution in [0.1, 0.15) is 39.3 Å². The van der Waals surface area contributed by atoms with E-state index >= 15 is 0 Å². The van der Waals surface area contributed by atoms with Crippen molar-refractivity contribution in [1.29, 1.82) is 0 Å². The number of carboxylic acid groups (broad SMARTS) is 1. The summed E-state index contributed by atoms with van der Waals surface area (Å²) in [5.74, 6) is -0.258. The molecule has 1 N–H and O–H groups in total. The number of rotatable bonds is 5. The summed E-state index contributed by atoms with van der Waals surface area (Å²) in [7, 11) is 2.97. The lowest BCUT2D eigenvalue weighted by atomic mass is 10.0. The average molecular weight is 478 g/mol. The van der Waals surface area contributed by atoms with Gasteiger partial charge in [-0.2, -0.15) is 5.10 Å². The summed E-state index contributed by atoms with van der Waals surface area (Å²) in [4.78, 5) is 45.0. The molecule has 0 radical (unpaired) electrons. The fourth-order valence-electron chi connectivity index (χ4n) is 4.42. The van der Waals surface area contributed by atoms with Gasteiger partial charge in [0.05, 0.1) is 19.3 Å². The van der Waals surface area contributed by atoms with E-state index in [9.17, 15) is 19.5 Å². The van der Waals surface area contributed by atoms with E-state index in [1.807, 2.05) is 13.0 Å². The Morgan fingerprint density at radius 3 is 2.57 bits per heavy atom. The first-order valence-electron chi connectivity index (χ1n) is 11.3. The van der Waals surface area contributed by atoms with E-state index in [1.54, 1.807) is 54.7 Å². The number of methoxy groups -OCH3 is 1. The van der Waals surface area contributed by atoms with E-state index in [-0.39, 0.29) is 18.5 Å². The van der Waals surface area contributed by atoms with Gasteiger partial charge in [0.15, 0.2) is 5.69 Å². The molecule has 182 valence electrons. The first kappa shape index (κ1) is 23.9. The summed E-state index contributed by atoms with van der Waals surface area (Å²) >= 11 is 0. The topological polar surface area (TPSA) is 118 Å².